The Bertz CT molecular complexity index is 846. The molecule has 0 saturated carbocycles. The van der Waals surface area contributed by atoms with Gasteiger partial charge in [0.05, 0.1) is 10.6 Å². The highest BCUT2D eigenvalue weighted by molar-refractivity contribution is 7.91. The number of benzene rings is 2. The van der Waals surface area contributed by atoms with Gasteiger partial charge >= 0.3 is 0 Å². The van der Waals surface area contributed by atoms with Crippen molar-refractivity contribution in [1.29, 1.82) is 0 Å². The van der Waals surface area contributed by atoms with Crippen LogP contribution in [0.2, 0.25) is 0 Å². The highest BCUT2D eigenvalue weighted by Gasteiger charge is 2.27. The van der Waals surface area contributed by atoms with Crippen molar-refractivity contribution in [2.24, 2.45) is 11.7 Å². The molecule has 0 aliphatic heterocycles. The van der Waals surface area contributed by atoms with Crippen molar-refractivity contribution in [1.82, 2.24) is 4.90 Å². The van der Waals surface area contributed by atoms with Crippen LogP contribution in [0, 0.1) is 11.7 Å². The fourth-order valence-corrected chi connectivity index (χ4v) is 4.35. The summed E-state index contributed by atoms with van der Waals surface area (Å²) in [5, 5.41) is 0. The molecule has 0 aliphatic carbocycles. The molecule has 0 spiro atoms. The van der Waals surface area contributed by atoms with Gasteiger partial charge in [0, 0.05) is 19.0 Å². The molecule has 0 aromatic heterocycles. The maximum Gasteiger partial charge on any atom is 0.226 e. The third kappa shape index (κ3) is 6.89. The first-order chi connectivity index (χ1) is 12.8. The van der Waals surface area contributed by atoms with E-state index in [-0.39, 0.29) is 29.0 Å². The maximum absolute atomic E-state index is 13.0. The zero-order valence-corrected chi connectivity index (χ0v) is 17.4. The summed E-state index contributed by atoms with van der Waals surface area (Å²) < 4.78 is 38.1. The van der Waals surface area contributed by atoms with Crippen LogP contribution in [0.25, 0.3) is 0 Å². The molecule has 0 saturated heterocycles. The van der Waals surface area contributed by atoms with Gasteiger partial charge in [-0.05, 0) is 42.8 Å². The van der Waals surface area contributed by atoms with Gasteiger partial charge in [-0.25, -0.2) is 12.8 Å². The normalized spacial score (nSPS) is 12.1. The smallest absolute Gasteiger partial charge is 0.226 e. The number of hydrogen-bond donors (Lipinski definition) is 1. The zero-order valence-electron chi connectivity index (χ0n) is 15.8. The number of amides is 1. The number of halogens is 2. The molecule has 1 unspecified atom stereocenters. The lowest BCUT2D eigenvalue weighted by molar-refractivity contribution is -0.135. The second-order valence-electron chi connectivity index (χ2n) is 6.52. The van der Waals surface area contributed by atoms with Crippen molar-refractivity contribution in [2.75, 3.05) is 18.8 Å². The van der Waals surface area contributed by atoms with Crippen molar-refractivity contribution >= 4 is 28.2 Å². The molecule has 0 bridgehead atoms. The molecule has 1 amide bonds. The average molecular weight is 429 g/mol. The third-order valence-corrected chi connectivity index (χ3v) is 6.15. The lowest BCUT2D eigenvalue weighted by Crippen LogP contribution is -2.38. The van der Waals surface area contributed by atoms with Gasteiger partial charge in [0.2, 0.25) is 5.91 Å². The maximum atomic E-state index is 13.0. The van der Waals surface area contributed by atoms with Crippen LogP contribution in [0.5, 0.6) is 0 Å². The van der Waals surface area contributed by atoms with Crippen LogP contribution in [-0.4, -0.2) is 38.1 Å². The second-order valence-corrected chi connectivity index (χ2v) is 8.56. The highest BCUT2D eigenvalue weighted by Crippen LogP contribution is 2.17. The third-order valence-electron chi connectivity index (χ3n) is 4.22. The van der Waals surface area contributed by atoms with Gasteiger partial charge in [-0.2, -0.15) is 0 Å². The van der Waals surface area contributed by atoms with E-state index in [1.165, 1.54) is 12.1 Å². The molecule has 0 radical (unpaired) electrons. The molecule has 2 N–H and O–H groups in total. The molecule has 5 nitrogen and oxygen atoms in total. The highest BCUT2D eigenvalue weighted by atomic mass is 35.5. The topological polar surface area (TPSA) is 80.5 Å². The molecule has 154 valence electrons. The number of sulfone groups is 1. The van der Waals surface area contributed by atoms with Gasteiger partial charge in [0.1, 0.15) is 5.82 Å². The van der Waals surface area contributed by atoms with E-state index in [0.29, 0.717) is 26.1 Å². The summed E-state index contributed by atoms with van der Waals surface area (Å²) in [6.45, 7) is 2.91. The molecule has 8 heteroatoms. The fraction of sp³-hybridized carbons (Fsp3) is 0.350. The van der Waals surface area contributed by atoms with Gasteiger partial charge in [-0.15, -0.1) is 12.4 Å². The molecule has 2 aromatic carbocycles. The summed E-state index contributed by atoms with van der Waals surface area (Å²) in [7, 11) is -3.69. The minimum atomic E-state index is -3.69. The molecule has 0 heterocycles. The van der Waals surface area contributed by atoms with Gasteiger partial charge in [-0.3, -0.25) is 4.79 Å². The largest absolute Gasteiger partial charge is 0.338 e. The van der Waals surface area contributed by atoms with Crippen molar-refractivity contribution in [3.63, 3.8) is 0 Å². The minimum absolute atomic E-state index is 0. The van der Waals surface area contributed by atoms with Crippen molar-refractivity contribution in [2.45, 2.75) is 24.8 Å². The monoisotopic (exact) mass is 428 g/mol. The van der Waals surface area contributed by atoms with Crippen molar-refractivity contribution in [3.8, 4) is 0 Å². The Morgan fingerprint density at radius 2 is 1.71 bits per heavy atom. The quantitative estimate of drug-likeness (QED) is 0.622. The van der Waals surface area contributed by atoms with E-state index in [2.05, 4.69) is 0 Å². The Morgan fingerprint density at radius 1 is 1.11 bits per heavy atom. The van der Waals surface area contributed by atoms with Gasteiger partial charge in [0.15, 0.2) is 9.84 Å². The summed E-state index contributed by atoms with van der Waals surface area (Å²) >= 11 is 0. The van der Waals surface area contributed by atoms with E-state index in [4.69, 9.17) is 5.73 Å². The van der Waals surface area contributed by atoms with Gasteiger partial charge in [-0.1, -0.05) is 37.3 Å². The second kappa shape index (κ2) is 11.1. The summed E-state index contributed by atoms with van der Waals surface area (Å²) in [6, 6.07) is 14.2. The molecule has 0 aliphatic rings. The van der Waals surface area contributed by atoms with Crippen LogP contribution in [0.3, 0.4) is 0 Å². The van der Waals surface area contributed by atoms with E-state index in [1.54, 1.807) is 11.8 Å². The van der Waals surface area contributed by atoms with Crippen LogP contribution in [-0.2, 0) is 21.2 Å². The Morgan fingerprint density at radius 3 is 2.29 bits per heavy atom. The molecule has 2 aromatic rings. The van der Waals surface area contributed by atoms with Crippen LogP contribution >= 0.6 is 12.4 Å². The Balaban J connectivity index is 0.00000392. The lowest BCUT2D eigenvalue weighted by Gasteiger charge is -2.26. The predicted molar refractivity (Wildman–Crippen MR) is 110 cm³/mol. The zero-order chi connectivity index (χ0) is 19.9. The van der Waals surface area contributed by atoms with E-state index in [0.717, 1.165) is 17.7 Å². The van der Waals surface area contributed by atoms with Gasteiger partial charge in [0.25, 0.3) is 0 Å². The SMILES string of the molecule is CC(CS(=O)(=O)c1ccc(F)cc1)C(=O)N(CCCN)Cc1ccccc1.Cl. The van der Waals surface area contributed by atoms with Crippen LogP contribution in [0.15, 0.2) is 59.5 Å². The van der Waals surface area contributed by atoms with Crippen molar-refractivity contribution in [3.05, 3.63) is 66.0 Å². The number of nitrogens with zero attached hydrogens (tertiary/aromatic N) is 1. The van der Waals surface area contributed by atoms with Crippen molar-refractivity contribution < 1.29 is 17.6 Å². The Labute approximate surface area is 172 Å². The average Bonchev–Trinajstić information content (AvgIpc) is 2.65. The first-order valence-electron chi connectivity index (χ1n) is 8.84. The summed E-state index contributed by atoms with van der Waals surface area (Å²) in [5.41, 5.74) is 6.54. The number of carbonyl (C=O) groups is 1. The van der Waals surface area contributed by atoms with Crippen LogP contribution < -0.4 is 5.73 Å². The summed E-state index contributed by atoms with van der Waals surface area (Å²) in [4.78, 5) is 14.5. The summed E-state index contributed by atoms with van der Waals surface area (Å²) in [6.07, 6.45) is 0.635. The molecule has 0 fully saturated rings. The Kier molecular flexibility index (Phi) is 9.58. The molecule has 28 heavy (non-hydrogen) atoms. The van der Waals surface area contributed by atoms with Crippen LogP contribution in [0.4, 0.5) is 4.39 Å². The predicted octanol–water partition coefficient (Wildman–Crippen LogP) is 3.03. The number of nitrogens with two attached hydrogens (primary N) is 1. The van der Waals surface area contributed by atoms with E-state index >= 15 is 0 Å². The summed E-state index contributed by atoms with van der Waals surface area (Å²) in [5.74, 6) is -1.79. The minimum Gasteiger partial charge on any atom is -0.338 e. The standard InChI is InChI=1S/C20H25FN2O3S.ClH/c1-16(15-27(25,26)19-10-8-18(21)9-11-19)20(24)23(13-5-12-22)14-17-6-3-2-4-7-17;/h2-4,6-11,16H,5,12-15,22H2,1H3;1H. The number of carbonyl (C=O) groups excluding carboxylic acids is 1. The van der Waals surface area contributed by atoms with Crippen LogP contribution in [0.1, 0.15) is 18.9 Å². The Hall–Kier alpha value is -1.96. The van der Waals surface area contributed by atoms with Gasteiger partial charge < -0.3 is 10.6 Å². The molecular weight excluding hydrogens is 403 g/mol. The number of hydrogen-bond acceptors (Lipinski definition) is 4. The fourth-order valence-electron chi connectivity index (χ4n) is 2.80. The lowest BCUT2D eigenvalue weighted by atomic mass is 10.1. The first-order valence-corrected chi connectivity index (χ1v) is 10.5. The van der Waals surface area contributed by atoms with E-state index in [1.807, 2.05) is 30.3 Å². The number of rotatable bonds is 9. The first kappa shape index (κ1) is 24.1. The molecule has 1 atom stereocenters. The molecular formula is C20H26ClFN2O3S. The molecule has 2 rings (SSSR count). The van der Waals surface area contributed by atoms with E-state index < -0.39 is 21.6 Å². The van der Waals surface area contributed by atoms with E-state index in [9.17, 15) is 17.6 Å².